The van der Waals surface area contributed by atoms with Crippen molar-refractivity contribution >= 4 is 45.9 Å². The van der Waals surface area contributed by atoms with Gasteiger partial charge >= 0.3 is 0 Å². The van der Waals surface area contributed by atoms with Gasteiger partial charge < -0.3 is 10.1 Å². The molecule has 1 unspecified atom stereocenters. The summed E-state index contributed by atoms with van der Waals surface area (Å²) < 4.78 is 7.69. The number of anilines is 2. The summed E-state index contributed by atoms with van der Waals surface area (Å²) in [4.78, 5) is 9.99. The molecule has 142 valence electrons. The number of rotatable bonds is 5. The van der Waals surface area contributed by atoms with Crippen molar-refractivity contribution in [3.8, 4) is 0 Å². The SMILES string of the molecule is CC(C)Sc1ccccc1Nc1nc(Cl)nc2c1cnn2C1CCCCO1. The normalized spacial score (nSPS) is 17.6. The summed E-state index contributed by atoms with van der Waals surface area (Å²) in [7, 11) is 0. The molecule has 2 aromatic heterocycles. The minimum atomic E-state index is -0.0983. The molecule has 0 saturated carbocycles. The van der Waals surface area contributed by atoms with Crippen molar-refractivity contribution in [3.05, 3.63) is 35.7 Å². The number of halogens is 1. The number of hydrogen-bond acceptors (Lipinski definition) is 6. The predicted molar refractivity (Wildman–Crippen MR) is 110 cm³/mol. The van der Waals surface area contributed by atoms with Gasteiger partial charge in [-0.25, -0.2) is 4.68 Å². The molecule has 27 heavy (non-hydrogen) atoms. The van der Waals surface area contributed by atoms with E-state index in [0.717, 1.165) is 36.9 Å². The van der Waals surface area contributed by atoms with Gasteiger partial charge in [-0.2, -0.15) is 15.1 Å². The summed E-state index contributed by atoms with van der Waals surface area (Å²) in [5, 5.41) is 9.45. The van der Waals surface area contributed by atoms with Gasteiger partial charge in [-0.3, -0.25) is 0 Å². The van der Waals surface area contributed by atoms with Gasteiger partial charge in [-0.05, 0) is 43.0 Å². The van der Waals surface area contributed by atoms with Crippen LogP contribution in [0.3, 0.4) is 0 Å². The largest absolute Gasteiger partial charge is 0.356 e. The van der Waals surface area contributed by atoms with Gasteiger partial charge in [0, 0.05) is 16.8 Å². The average Bonchev–Trinajstić information content (AvgIpc) is 3.07. The molecule has 0 bridgehead atoms. The van der Waals surface area contributed by atoms with Crippen molar-refractivity contribution in [2.75, 3.05) is 11.9 Å². The van der Waals surface area contributed by atoms with E-state index < -0.39 is 0 Å². The average molecular weight is 404 g/mol. The van der Waals surface area contributed by atoms with Gasteiger partial charge in [0.1, 0.15) is 5.82 Å². The Morgan fingerprint density at radius 3 is 2.89 bits per heavy atom. The van der Waals surface area contributed by atoms with E-state index in [9.17, 15) is 0 Å². The molecule has 0 spiro atoms. The van der Waals surface area contributed by atoms with E-state index in [2.05, 4.69) is 40.3 Å². The van der Waals surface area contributed by atoms with Gasteiger partial charge in [-0.1, -0.05) is 26.0 Å². The monoisotopic (exact) mass is 403 g/mol. The molecule has 1 atom stereocenters. The third-order valence-corrected chi connectivity index (χ3v) is 5.61. The number of fused-ring (bicyclic) bond motifs is 1. The van der Waals surface area contributed by atoms with E-state index in [1.807, 2.05) is 22.9 Å². The van der Waals surface area contributed by atoms with Crippen LogP contribution in [-0.2, 0) is 4.74 Å². The van der Waals surface area contributed by atoms with Crippen LogP contribution in [0.25, 0.3) is 11.0 Å². The lowest BCUT2D eigenvalue weighted by atomic mass is 10.2. The summed E-state index contributed by atoms with van der Waals surface area (Å²) in [6.07, 6.45) is 4.82. The lowest BCUT2D eigenvalue weighted by Gasteiger charge is -2.23. The molecule has 4 rings (SSSR count). The van der Waals surface area contributed by atoms with Crippen LogP contribution >= 0.6 is 23.4 Å². The Morgan fingerprint density at radius 2 is 2.11 bits per heavy atom. The minimum Gasteiger partial charge on any atom is -0.356 e. The third kappa shape index (κ3) is 4.05. The summed E-state index contributed by atoms with van der Waals surface area (Å²) in [5.41, 5.74) is 1.69. The number of ether oxygens (including phenoxy) is 1. The standard InChI is InChI=1S/C19H22ClN5OS/c1-12(2)27-15-8-4-3-7-14(15)22-17-13-11-21-25(16-9-5-6-10-26-16)18(13)24-19(20)23-17/h3-4,7-8,11-12,16H,5-6,9-10H2,1-2H3,(H,22,23,24). The quantitative estimate of drug-likeness (QED) is 0.453. The fourth-order valence-electron chi connectivity index (χ4n) is 3.18. The predicted octanol–water partition coefficient (Wildman–Crippen LogP) is 5.42. The van der Waals surface area contributed by atoms with Crippen LogP contribution in [0, 0.1) is 0 Å². The highest BCUT2D eigenvalue weighted by molar-refractivity contribution is 8.00. The van der Waals surface area contributed by atoms with Crippen molar-refractivity contribution < 1.29 is 4.74 Å². The van der Waals surface area contributed by atoms with Crippen molar-refractivity contribution in [2.45, 2.75) is 49.5 Å². The molecule has 1 aliphatic rings. The Bertz CT molecular complexity index is 939. The van der Waals surface area contributed by atoms with Crippen molar-refractivity contribution in [2.24, 2.45) is 0 Å². The lowest BCUT2D eigenvalue weighted by Crippen LogP contribution is -2.19. The molecular formula is C19H22ClN5OS. The number of benzene rings is 1. The number of thioether (sulfide) groups is 1. The Labute approximate surface area is 167 Å². The van der Waals surface area contributed by atoms with E-state index >= 15 is 0 Å². The van der Waals surface area contributed by atoms with Crippen LogP contribution in [0.5, 0.6) is 0 Å². The Morgan fingerprint density at radius 1 is 1.26 bits per heavy atom. The molecule has 3 heterocycles. The molecule has 1 saturated heterocycles. The summed E-state index contributed by atoms with van der Waals surface area (Å²) in [6, 6.07) is 8.19. The van der Waals surface area contributed by atoms with Gasteiger partial charge in [-0.15, -0.1) is 11.8 Å². The number of aromatic nitrogens is 4. The summed E-state index contributed by atoms with van der Waals surface area (Å²) in [6.45, 7) is 5.10. The van der Waals surface area contributed by atoms with Crippen molar-refractivity contribution in [1.29, 1.82) is 0 Å². The van der Waals surface area contributed by atoms with Crippen LogP contribution in [0.15, 0.2) is 35.4 Å². The minimum absolute atomic E-state index is 0.0983. The Balaban J connectivity index is 1.72. The van der Waals surface area contributed by atoms with Gasteiger partial charge in [0.05, 0.1) is 17.3 Å². The first-order valence-corrected chi connectivity index (χ1v) is 10.4. The molecule has 1 fully saturated rings. The lowest BCUT2D eigenvalue weighted by molar-refractivity contribution is -0.0370. The molecule has 1 aliphatic heterocycles. The van der Waals surface area contributed by atoms with Gasteiger partial charge in [0.15, 0.2) is 11.9 Å². The number of hydrogen-bond donors (Lipinski definition) is 1. The van der Waals surface area contributed by atoms with E-state index in [1.54, 1.807) is 18.0 Å². The van der Waals surface area contributed by atoms with Crippen molar-refractivity contribution in [3.63, 3.8) is 0 Å². The van der Waals surface area contributed by atoms with E-state index in [0.29, 0.717) is 16.7 Å². The highest BCUT2D eigenvalue weighted by atomic mass is 35.5. The second-order valence-electron chi connectivity index (χ2n) is 6.78. The first kappa shape index (κ1) is 18.5. The molecule has 0 radical (unpaired) electrons. The molecule has 0 aliphatic carbocycles. The van der Waals surface area contributed by atoms with Crippen LogP contribution in [0.4, 0.5) is 11.5 Å². The zero-order chi connectivity index (χ0) is 18.8. The highest BCUT2D eigenvalue weighted by Gasteiger charge is 2.21. The Hall–Kier alpha value is -1.83. The number of para-hydroxylation sites is 1. The second kappa shape index (κ2) is 8.04. The molecule has 1 aromatic carbocycles. The molecule has 3 aromatic rings. The zero-order valence-corrected chi connectivity index (χ0v) is 16.9. The summed E-state index contributed by atoms with van der Waals surface area (Å²) in [5.74, 6) is 0.656. The van der Waals surface area contributed by atoms with E-state index in [1.165, 1.54) is 4.90 Å². The second-order valence-corrected chi connectivity index (χ2v) is 8.73. The van der Waals surface area contributed by atoms with Crippen LogP contribution < -0.4 is 5.32 Å². The topological polar surface area (TPSA) is 64.9 Å². The molecule has 6 nitrogen and oxygen atoms in total. The molecule has 8 heteroatoms. The highest BCUT2D eigenvalue weighted by Crippen LogP contribution is 2.34. The number of nitrogens with zero attached hydrogens (tertiary/aromatic N) is 4. The third-order valence-electron chi connectivity index (χ3n) is 4.36. The Kier molecular flexibility index (Phi) is 5.52. The van der Waals surface area contributed by atoms with Gasteiger partial charge in [0.2, 0.25) is 5.28 Å². The maximum atomic E-state index is 6.23. The first-order chi connectivity index (χ1) is 13.1. The maximum Gasteiger partial charge on any atom is 0.226 e. The van der Waals surface area contributed by atoms with Crippen LogP contribution in [-0.4, -0.2) is 31.6 Å². The summed E-state index contributed by atoms with van der Waals surface area (Å²) >= 11 is 8.03. The maximum absolute atomic E-state index is 6.23. The number of nitrogens with one attached hydrogen (secondary N) is 1. The smallest absolute Gasteiger partial charge is 0.226 e. The van der Waals surface area contributed by atoms with E-state index in [-0.39, 0.29) is 11.5 Å². The fourth-order valence-corrected chi connectivity index (χ4v) is 4.25. The van der Waals surface area contributed by atoms with Crippen LogP contribution in [0.1, 0.15) is 39.3 Å². The van der Waals surface area contributed by atoms with E-state index in [4.69, 9.17) is 16.3 Å². The first-order valence-electron chi connectivity index (χ1n) is 9.17. The molecular weight excluding hydrogens is 382 g/mol. The zero-order valence-electron chi connectivity index (χ0n) is 15.4. The molecule has 1 N–H and O–H groups in total. The van der Waals surface area contributed by atoms with Gasteiger partial charge in [0.25, 0.3) is 0 Å². The van der Waals surface area contributed by atoms with Crippen LogP contribution in [0.2, 0.25) is 5.28 Å². The fraction of sp³-hybridized carbons (Fsp3) is 0.421. The molecule has 0 amide bonds. The van der Waals surface area contributed by atoms with Crippen molar-refractivity contribution in [1.82, 2.24) is 19.7 Å².